The molecule has 0 saturated heterocycles. The molecule has 2 aromatic rings. The van der Waals surface area contributed by atoms with Gasteiger partial charge in [0.2, 0.25) is 0 Å². The van der Waals surface area contributed by atoms with Crippen LogP contribution in [0.5, 0.6) is 0 Å². The van der Waals surface area contributed by atoms with Crippen LogP contribution in [0, 0.1) is 0 Å². The molecule has 116 valence electrons. The van der Waals surface area contributed by atoms with Crippen molar-refractivity contribution >= 4 is 17.6 Å². The Morgan fingerprint density at radius 2 is 1.86 bits per heavy atom. The lowest BCUT2D eigenvalue weighted by Gasteiger charge is -2.25. The number of benzene rings is 1. The quantitative estimate of drug-likeness (QED) is 0.813. The van der Waals surface area contributed by atoms with E-state index in [-0.39, 0.29) is 0 Å². The van der Waals surface area contributed by atoms with Crippen LogP contribution < -0.4 is 10.0 Å². The number of nitrogens with one attached hydrogen (secondary N) is 2. The Morgan fingerprint density at radius 3 is 2.59 bits per heavy atom. The van der Waals surface area contributed by atoms with E-state index in [1.54, 1.807) is 24.3 Å². The van der Waals surface area contributed by atoms with Crippen LogP contribution in [-0.2, 0) is 0 Å². The normalized spacial score (nSPS) is 15.7. The van der Waals surface area contributed by atoms with Crippen molar-refractivity contribution in [3.05, 3.63) is 36.7 Å². The second-order valence-electron chi connectivity index (χ2n) is 5.57. The Labute approximate surface area is 136 Å². The Hall–Kier alpha value is -1.59. The zero-order valence-electron chi connectivity index (χ0n) is 12.9. The molecule has 1 aliphatic carbocycles. The predicted molar refractivity (Wildman–Crippen MR) is 92.9 cm³/mol. The SMILES string of the molecule is CNSc1ccc(NC2CCCCC2)c(-c2ncccn2)c1. The summed E-state index contributed by atoms with van der Waals surface area (Å²) < 4.78 is 3.12. The molecule has 0 bridgehead atoms. The number of hydrogen-bond donors (Lipinski definition) is 2. The standard InChI is InChI=1S/C17H22N4S/c1-18-22-14-8-9-16(21-13-6-3-2-4-7-13)15(12-14)17-19-10-5-11-20-17/h5,8-13,18,21H,2-4,6-7H2,1H3. The van der Waals surface area contributed by atoms with Crippen molar-refractivity contribution in [2.45, 2.75) is 43.0 Å². The van der Waals surface area contributed by atoms with Gasteiger partial charge in [-0.05, 0) is 56.1 Å². The fraction of sp³-hybridized carbons (Fsp3) is 0.412. The van der Waals surface area contributed by atoms with Crippen molar-refractivity contribution in [1.82, 2.24) is 14.7 Å². The van der Waals surface area contributed by atoms with Gasteiger partial charge in [-0.2, -0.15) is 0 Å². The Bertz CT molecular complexity index is 597. The molecule has 0 atom stereocenters. The molecule has 0 spiro atoms. The van der Waals surface area contributed by atoms with E-state index in [4.69, 9.17) is 0 Å². The van der Waals surface area contributed by atoms with E-state index >= 15 is 0 Å². The number of aromatic nitrogens is 2. The molecule has 3 rings (SSSR count). The second kappa shape index (κ2) is 7.61. The van der Waals surface area contributed by atoms with Crippen molar-refractivity contribution in [3.8, 4) is 11.4 Å². The first-order valence-corrected chi connectivity index (χ1v) is 8.70. The molecule has 0 aliphatic heterocycles. The smallest absolute Gasteiger partial charge is 0.161 e. The average molecular weight is 314 g/mol. The summed E-state index contributed by atoms with van der Waals surface area (Å²) in [5.74, 6) is 0.777. The van der Waals surface area contributed by atoms with Gasteiger partial charge in [0.25, 0.3) is 0 Å². The molecule has 5 heteroatoms. The average Bonchev–Trinajstić information content (AvgIpc) is 2.58. The molecule has 1 aromatic heterocycles. The third kappa shape index (κ3) is 3.78. The van der Waals surface area contributed by atoms with Crippen molar-refractivity contribution in [3.63, 3.8) is 0 Å². The minimum atomic E-state index is 0.569. The second-order valence-corrected chi connectivity index (χ2v) is 6.65. The summed E-state index contributed by atoms with van der Waals surface area (Å²) in [6, 6.07) is 8.86. The van der Waals surface area contributed by atoms with E-state index in [2.05, 4.69) is 38.2 Å². The van der Waals surface area contributed by atoms with Crippen molar-refractivity contribution in [2.75, 3.05) is 12.4 Å². The maximum Gasteiger partial charge on any atom is 0.161 e. The fourth-order valence-corrected chi connectivity index (χ4v) is 3.47. The zero-order chi connectivity index (χ0) is 15.2. The van der Waals surface area contributed by atoms with E-state index in [0.717, 1.165) is 17.1 Å². The monoisotopic (exact) mass is 314 g/mol. The van der Waals surface area contributed by atoms with E-state index in [1.165, 1.54) is 37.0 Å². The van der Waals surface area contributed by atoms with Crippen LogP contribution in [0.3, 0.4) is 0 Å². The first-order chi connectivity index (χ1) is 10.9. The lowest BCUT2D eigenvalue weighted by molar-refractivity contribution is 0.463. The topological polar surface area (TPSA) is 49.8 Å². The van der Waals surface area contributed by atoms with Crippen LogP contribution >= 0.6 is 11.9 Å². The van der Waals surface area contributed by atoms with Crippen LogP contribution in [0.15, 0.2) is 41.6 Å². The third-order valence-electron chi connectivity index (χ3n) is 3.98. The van der Waals surface area contributed by atoms with Crippen LogP contribution in [0.1, 0.15) is 32.1 Å². The molecule has 1 aliphatic rings. The zero-order valence-corrected chi connectivity index (χ0v) is 13.7. The Morgan fingerprint density at radius 1 is 1.09 bits per heavy atom. The van der Waals surface area contributed by atoms with Crippen molar-refractivity contribution < 1.29 is 0 Å². The molecule has 0 unspecified atom stereocenters. The summed E-state index contributed by atoms with van der Waals surface area (Å²) in [5.41, 5.74) is 2.21. The molecular formula is C17H22N4S. The molecule has 22 heavy (non-hydrogen) atoms. The van der Waals surface area contributed by atoms with Crippen molar-refractivity contribution in [1.29, 1.82) is 0 Å². The van der Waals surface area contributed by atoms with Crippen LogP contribution in [0.2, 0.25) is 0 Å². The number of nitrogens with zero attached hydrogens (tertiary/aromatic N) is 2. The Balaban J connectivity index is 1.90. The summed E-state index contributed by atoms with van der Waals surface area (Å²) in [4.78, 5) is 10.0. The first kappa shape index (κ1) is 15.3. The molecule has 1 heterocycles. The number of hydrogen-bond acceptors (Lipinski definition) is 5. The van der Waals surface area contributed by atoms with Gasteiger partial charge in [0.1, 0.15) is 0 Å². The summed E-state index contributed by atoms with van der Waals surface area (Å²) in [5, 5.41) is 3.71. The summed E-state index contributed by atoms with van der Waals surface area (Å²) in [6.45, 7) is 0. The van der Waals surface area contributed by atoms with E-state index in [1.807, 2.05) is 13.1 Å². The van der Waals surface area contributed by atoms with Gasteiger partial charge in [-0.15, -0.1) is 0 Å². The van der Waals surface area contributed by atoms with Gasteiger partial charge in [0.15, 0.2) is 5.82 Å². The highest BCUT2D eigenvalue weighted by Gasteiger charge is 2.16. The molecule has 1 saturated carbocycles. The lowest BCUT2D eigenvalue weighted by Crippen LogP contribution is -2.22. The molecular weight excluding hydrogens is 292 g/mol. The van der Waals surface area contributed by atoms with Crippen molar-refractivity contribution in [2.24, 2.45) is 0 Å². The largest absolute Gasteiger partial charge is 0.382 e. The molecule has 1 fully saturated rings. The highest BCUT2D eigenvalue weighted by Crippen LogP contribution is 2.31. The maximum absolute atomic E-state index is 4.42. The molecule has 4 nitrogen and oxygen atoms in total. The molecule has 2 N–H and O–H groups in total. The van der Waals surface area contributed by atoms with Gasteiger partial charge in [0.05, 0.1) is 0 Å². The molecule has 0 amide bonds. The fourth-order valence-electron chi connectivity index (χ4n) is 2.92. The summed E-state index contributed by atoms with van der Waals surface area (Å²) in [6.07, 6.45) is 10.1. The minimum absolute atomic E-state index is 0.569. The van der Waals surface area contributed by atoms with Gasteiger partial charge >= 0.3 is 0 Å². The van der Waals surface area contributed by atoms with E-state index in [9.17, 15) is 0 Å². The predicted octanol–water partition coefficient (Wildman–Crippen LogP) is 4.11. The van der Waals surface area contributed by atoms with Gasteiger partial charge in [-0.1, -0.05) is 19.3 Å². The highest BCUT2D eigenvalue weighted by atomic mass is 32.2. The minimum Gasteiger partial charge on any atom is -0.382 e. The van der Waals surface area contributed by atoms with Crippen LogP contribution in [0.4, 0.5) is 5.69 Å². The summed E-state index contributed by atoms with van der Waals surface area (Å²) in [7, 11) is 1.93. The van der Waals surface area contributed by atoms with E-state index in [0.29, 0.717) is 6.04 Å². The highest BCUT2D eigenvalue weighted by molar-refractivity contribution is 7.97. The van der Waals surface area contributed by atoms with Gasteiger partial charge in [-0.25, -0.2) is 9.97 Å². The summed E-state index contributed by atoms with van der Waals surface area (Å²) >= 11 is 1.61. The number of rotatable bonds is 5. The first-order valence-electron chi connectivity index (χ1n) is 7.88. The molecule has 0 radical (unpaired) electrons. The third-order valence-corrected chi connectivity index (χ3v) is 4.68. The number of anilines is 1. The molecule has 1 aromatic carbocycles. The van der Waals surface area contributed by atoms with Gasteiger partial charge in [0, 0.05) is 34.6 Å². The van der Waals surface area contributed by atoms with Crippen LogP contribution in [0.25, 0.3) is 11.4 Å². The lowest BCUT2D eigenvalue weighted by atomic mass is 9.95. The maximum atomic E-state index is 4.42. The van der Waals surface area contributed by atoms with Gasteiger partial charge in [-0.3, -0.25) is 4.72 Å². The van der Waals surface area contributed by atoms with Crippen LogP contribution in [-0.4, -0.2) is 23.1 Å². The van der Waals surface area contributed by atoms with E-state index < -0.39 is 0 Å². The van der Waals surface area contributed by atoms with Gasteiger partial charge < -0.3 is 5.32 Å². The Kier molecular flexibility index (Phi) is 5.29.